The number of nitrogens with zero attached hydrogens (tertiary/aromatic N) is 1. The maximum absolute atomic E-state index is 10.3. The van der Waals surface area contributed by atoms with Crippen molar-refractivity contribution in [2.45, 2.75) is 0 Å². The molecule has 0 atom stereocenters. The number of thiazole rings is 1. The molecule has 0 aliphatic carbocycles. The molecule has 2 aromatic rings. The van der Waals surface area contributed by atoms with Crippen LogP contribution in [0.1, 0.15) is 0 Å². The Labute approximate surface area is 110 Å². The number of hydrogen-bond acceptors (Lipinski definition) is 6. The number of anilines is 1. The van der Waals surface area contributed by atoms with E-state index in [1.807, 2.05) is 0 Å². The summed E-state index contributed by atoms with van der Waals surface area (Å²) in [6.45, 7) is 0. The van der Waals surface area contributed by atoms with E-state index in [-0.39, 0.29) is 7.92 Å². The minimum atomic E-state index is -0.333. The standard InChI is InChI=1S/C9H6BrN2O3PS/c1-14-7-4(10)2-5(15-3-16-13)6-8(7)17-9(11)12-6/h2H,1H3,(H2,11,12). The van der Waals surface area contributed by atoms with Gasteiger partial charge in [-0.3, -0.25) is 0 Å². The predicted molar refractivity (Wildman–Crippen MR) is 70.4 cm³/mol. The molecular formula is C9H6BrN2O3PS. The average molecular weight is 333 g/mol. The number of ether oxygens (including phenoxy) is 2. The zero-order valence-corrected chi connectivity index (χ0v) is 11.9. The van der Waals surface area contributed by atoms with E-state index in [2.05, 4.69) is 26.7 Å². The molecule has 0 radical (unpaired) electrons. The molecule has 0 bridgehead atoms. The third-order valence-electron chi connectivity index (χ3n) is 1.96. The number of nitrogens with two attached hydrogens (primary N) is 1. The van der Waals surface area contributed by atoms with Gasteiger partial charge in [0.2, 0.25) is 0 Å². The van der Waals surface area contributed by atoms with E-state index in [1.54, 1.807) is 13.2 Å². The number of aromatic nitrogens is 1. The zero-order valence-electron chi connectivity index (χ0n) is 8.56. The maximum atomic E-state index is 10.3. The molecule has 1 aromatic carbocycles. The monoisotopic (exact) mass is 332 g/mol. The van der Waals surface area contributed by atoms with Crippen molar-refractivity contribution in [1.82, 2.24) is 4.98 Å². The molecule has 5 nitrogen and oxygen atoms in total. The number of hydrogen-bond donors (Lipinski definition) is 1. The SMILES string of the molecule is COc1c(Br)cc(OC#P=O)c2nc(N)sc12. The number of nitrogen functional groups attached to an aromatic ring is 1. The van der Waals surface area contributed by atoms with Gasteiger partial charge in [-0.2, -0.15) is 0 Å². The van der Waals surface area contributed by atoms with Gasteiger partial charge in [0, 0.05) is 0 Å². The summed E-state index contributed by atoms with van der Waals surface area (Å²) in [6, 6.07) is 1.67. The summed E-state index contributed by atoms with van der Waals surface area (Å²) in [6.07, 6.45) is 0. The summed E-state index contributed by atoms with van der Waals surface area (Å²) >= 11 is 4.64. The van der Waals surface area contributed by atoms with Crippen LogP contribution in [0, 0.1) is 5.81 Å². The molecule has 0 aliphatic rings. The first-order valence-electron chi connectivity index (χ1n) is 4.34. The molecular weight excluding hydrogens is 327 g/mol. The topological polar surface area (TPSA) is 74.4 Å². The number of halogens is 1. The normalized spacial score (nSPS) is 10.0. The van der Waals surface area contributed by atoms with Crippen LogP contribution in [-0.4, -0.2) is 12.1 Å². The molecule has 1 heterocycles. The van der Waals surface area contributed by atoms with E-state index in [0.717, 1.165) is 4.70 Å². The second-order valence-electron chi connectivity index (χ2n) is 2.90. The second kappa shape index (κ2) is 5.10. The van der Waals surface area contributed by atoms with Crippen LogP contribution >= 0.6 is 35.2 Å². The summed E-state index contributed by atoms with van der Waals surface area (Å²) in [5.41, 5.74) is 6.22. The molecule has 2 rings (SSSR count). The summed E-state index contributed by atoms with van der Waals surface area (Å²) in [7, 11) is 1.23. The third-order valence-corrected chi connectivity index (χ3v) is 3.59. The van der Waals surface area contributed by atoms with Crippen molar-refractivity contribution in [3.05, 3.63) is 10.5 Å². The van der Waals surface area contributed by atoms with Crippen LogP contribution in [0.25, 0.3) is 10.2 Å². The Morgan fingerprint density at radius 3 is 3.06 bits per heavy atom. The molecule has 0 saturated heterocycles. The number of benzene rings is 1. The van der Waals surface area contributed by atoms with Gasteiger partial charge in [0.05, 0.1) is 0 Å². The van der Waals surface area contributed by atoms with Gasteiger partial charge in [-0.25, -0.2) is 0 Å². The number of rotatable bonds is 2. The zero-order chi connectivity index (χ0) is 12.4. The fraction of sp³-hybridized carbons (Fsp3) is 0.111. The van der Waals surface area contributed by atoms with Crippen LogP contribution in [0.5, 0.6) is 11.5 Å². The number of fused-ring (bicyclic) bond motifs is 1. The van der Waals surface area contributed by atoms with Crippen molar-refractivity contribution < 1.29 is 14.0 Å². The Morgan fingerprint density at radius 1 is 1.65 bits per heavy atom. The molecule has 0 unspecified atom stereocenters. The van der Waals surface area contributed by atoms with E-state index < -0.39 is 0 Å². The Hall–Kier alpha value is -1.00. The molecule has 2 N–H and O–H groups in total. The molecule has 8 heteroatoms. The Morgan fingerprint density at radius 2 is 2.41 bits per heavy atom. The van der Waals surface area contributed by atoms with Crippen molar-refractivity contribution in [3.63, 3.8) is 0 Å². The second-order valence-corrected chi connectivity index (χ2v) is 5.15. The van der Waals surface area contributed by atoms with Crippen molar-refractivity contribution in [2.75, 3.05) is 12.8 Å². The van der Waals surface area contributed by atoms with E-state index >= 15 is 0 Å². The molecule has 0 saturated carbocycles. The van der Waals surface area contributed by atoms with Crippen molar-refractivity contribution >= 4 is 50.5 Å². The van der Waals surface area contributed by atoms with Crippen molar-refractivity contribution in [3.8, 4) is 17.3 Å². The van der Waals surface area contributed by atoms with Gasteiger partial charge < -0.3 is 0 Å². The van der Waals surface area contributed by atoms with Gasteiger partial charge in [-0.1, -0.05) is 0 Å². The summed E-state index contributed by atoms with van der Waals surface area (Å²) in [4.78, 5) is 4.14. The molecule has 88 valence electrons. The van der Waals surface area contributed by atoms with Crippen LogP contribution in [0.2, 0.25) is 0 Å². The fourth-order valence-corrected chi connectivity index (χ4v) is 3.06. The van der Waals surface area contributed by atoms with Crippen LogP contribution in [0.4, 0.5) is 5.13 Å². The molecule has 0 spiro atoms. The van der Waals surface area contributed by atoms with E-state index in [9.17, 15) is 4.57 Å². The summed E-state index contributed by atoms with van der Waals surface area (Å²) in [5, 5.41) is 0.404. The molecule has 0 fully saturated rings. The average Bonchev–Trinajstić information content (AvgIpc) is 2.67. The van der Waals surface area contributed by atoms with Gasteiger partial charge in [0.15, 0.2) is 0 Å². The van der Waals surface area contributed by atoms with Gasteiger partial charge in [0.25, 0.3) is 0 Å². The van der Waals surface area contributed by atoms with Crippen molar-refractivity contribution in [1.29, 1.82) is 0 Å². The Kier molecular flexibility index (Phi) is 3.74. The quantitative estimate of drug-likeness (QED) is 0.854. The number of methoxy groups -OCH3 is 1. The van der Waals surface area contributed by atoms with Crippen LogP contribution < -0.4 is 15.2 Å². The third kappa shape index (κ3) is 2.33. The van der Waals surface area contributed by atoms with E-state index in [0.29, 0.717) is 26.6 Å². The summed E-state index contributed by atoms with van der Waals surface area (Å²) < 4.78 is 22.1. The van der Waals surface area contributed by atoms with E-state index in [1.165, 1.54) is 11.3 Å². The first kappa shape index (κ1) is 12.5. The molecule has 17 heavy (non-hydrogen) atoms. The summed E-state index contributed by atoms with van der Waals surface area (Å²) in [5.74, 6) is 3.27. The molecule has 1 aromatic heterocycles. The van der Waals surface area contributed by atoms with Gasteiger partial charge >= 0.3 is 110 Å². The molecule has 0 aliphatic heterocycles. The first-order chi connectivity index (χ1) is 8.17. The minimum absolute atomic E-state index is 0.333. The fourth-order valence-electron chi connectivity index (χ4n) is 1.35. The predicted octanol–water partition coefficient (Wildman–Crippen LogP) is 3.24. The Balaban J connectivity index is 2.75. The van der Waals surface area contributed by atoms with Gasteiger partial charge in [-0.05, 0) is 0 Å². The van der Waals surface area contributed by atoms with Crippen molar-refractivity contribution in [2.24, 2.45) is 0 Å². The van der Waals surface area contributed by atoms with Crippen LogP contribution in [-0.2, 0) is 4.57 Å². The van der Waals surface area contributed by atoms with Crippen LogP contribution in [0.3, 0.4) is 0 Å². The van der Waals surface area contributed by atoms with Gasteiger partial charge in [0.1, 0.15) is 0 Å². The molecule has 0 amide bonds. The first-order valence-corrected chi connectivity index (χ1v) is 6.76. The van der Waals surface area contributed by atoms with Crippen LogP contribution in [0.15, 0.2) is 10.5 Å². The van der Waals surface area contributed by atoms with Gasteiger partial charge in [-0.15, -0.1) is 0 Å². The van der Waals surface area contributed by atoms with E-state index in [4.69, 9.17) is 15.2 Å². The Bertz CT molecular complexity index is 682.